The molecule has 1 heterocycles. The number of nitrogens with one attached hydrogen (secondary N) is 1. The summed E-state index contributed by atoms with van der Waals surface area (Å²) in [5.41, 5.74) is -2.49. The summed E-state index contributed by atoms with van der Waals surface area (Å²) in [5, 5.41) is 14.0. The average molecular weight is 564 g/mol. The Kier molecular flexibility index (Phi) is 7.35. The van der Waals surface area contributed by atoms with Crippen molar-refractivity contribution in [2.45, 2.75) is 56.3 Å². The Morgan fingerprint density at radius 1 is 1.13 bits per heavy atom. The predicted octanol–water partition coefficient (Wildman–Crippen LogP) is 5.14. The molecule has 2 N–H and O–H groups in total. The van der Waals surface area contributed by atoms with Crippen LogP contribution in [0.15, 0.2) is 48.5 Å². The maximum Gasteiger partial charge on any atom is 0.430 e. The van der Waals surface area contributed by atoms with Crippen LogP contribution in [0.1, 0.15) is 54.4 Å². The molecule has 3 aliphatic rings. The first-order valence-electron chi connectivity index (χ1n) is 13.4. The van der Waals surface area contributed by atoms with Gasteiger partial charge in [0, 0.05) is 44.0 Å². The van der Waals surface area contributed by atoms with Crippen molar-refractivity contribution in [3.8, 4) is 0 Å². The normalized spacial score (nSPS) is 21.8. The second-order valence-electron chi connectivity index (χ2n) is 11.3. The van der Waals surface area contributed by atoms with Crippen molar-refractivity contribution in [2.75, 3.05) is 31.6 Å². The SMILES string of the molecule is CN(CC[C@H]1CC12CCN(c1ccc(C(=O)NC3CC3)c(Cl)c1)CC2)C(=O)C(O)(c1ccccc1)C(F)(F)F. The average Bonchev–Trinajstić information content (AvgIpc) is 3.84. The molecule has 10 heteroatoms. The van der Waals surface area contributed by atoms with E-state index in [0.29, 0.717) is 22.9 Å². The van der Waals surface area contributed by atoms with Crippen molar-refractivity contribution >= 4 is 29.1 Å². The molecule has 2 amide bonds. The largest absolute Gasteiger partial charge is 0.430 e. The molecule has 1 saturated heterocycles. The number of hydrogen-bond acceptors (Lipinski definition) is 4. The number of piperidine rings is 1. The molecule has 2 saturated carbocycles. The van der Waals surface area contributed by atoms with Crippen molar-refractivity contribution < 1.29 is 27.9 Å². The highest BCUT2D eigenvalue weighted by molar-refractivity contribution is 6.34. The third-order valence-electron chi connectivity index (χ3n) is 8.66. The van der Waals surface area contributed by atoms with Gasteiger partial charge in [-0.05, 0) is 68.1 Å². The third-order valence-corrected chi connectivity index (χ3v) is 8.98. The van der Waals surface area contributed by atoms with Gasteiger partial charge in [0.05, 0.1) is 10.6 Å². The van der Waals surface area contributed by atoms with Gasteiger partial charge in [0.2, 0.25) is 0 Å². The number of nitrogens with zero attached hydrogens (tertiary/aromatic N) is 2. The quantitative estimate of drug-likeness (QED) is 0.467. The van der Waals surface area contributed by atoms with Crippen molar-refractivity contribution in [1.82, 2.24) is 10.2 Å². The number of carbonyl (C=O) groups is 2. The highest BCUT2D eigenvalue weighted by atomic mass is 35.5. The highest BCUT2D eigenvalue weighted by Gasteiger charge is 2.62. The van der Waals surface area contributed by atoms with Gasteiger partial charge in [-0.1, -0.05) is 41.9 Å². The second-order valence-corrected chi connectivity index (χ2v) is 11.7. The van der Waals surface area contributed by atoms with E-state index in [1.807, 2.05) is 12.1 Å². The number of amides is 2. The minimum Gasteiger partial charge on any atom is -0.371 e. The zero-order valence-electron chi connectivity index (χ0n) is 21.8. The molecule has 1 spiro atoms. The molecule has 0 aromatic heterocycles. The van der Waals surface area contributed by atoms with Crippen molar-refractivity contribution in [3.05, 3.63) is 64.7 Å². The number of halogens is 4. The van der Waals surface area contributed by atoms with E-state index in [2.05, 4.69) is 10.2 Å². The molecule has 1 aliphatic heterocycles. The summed E-state index contributed by atoms with van der Waals surface area (Å²) in [6, 6.07) is 12.3. The van der Waals surface area contributed by atoms with Gasteiger partial charge in [-0.2, -0.15) is 13.2 Å². The van der Waals surface area contributed by atoms with Crippen LogP contribution in [0, 0.1) is 11.3 Å². The predicted molar refractivity (Wildman–Crippen MR) is 143 cm³/mol. The number of anilines is 1. The molecule has 0 radical (unpaired) electrons. The molecule has 2 aromatic carbocycles. The Morgan fingerprint density at radius 3 is 2.38 bits per heavy atom. The summed E-state index contributed by atoms with van der Waals surface area (Å²) < 4.78 is 41.6. The van der Waals surface area contributed by atoms with E-state index in [1.54, 1.807) is 6.07 Å². The van der Waals surface area contributed by atoms with Crippen LogP contribution in [-0.2, 0) is 10.4 Å². The summed E-state index contributed by atoms with van der Waals surface area (Å²) in [4.78, 5) is 28.5. The van der Waals surface area contributed by atoms with Crippen molar-refractivity contribution in [3.63, 3.8) is 0 Å². The van der Waals surface area contributed by atoms with E-state index in [-0.39, 0.29) is 23.9 Å². The van der Waals surface area contributed by atoms with Crippen LogP contribution < -0.4 is 10.2 Å². The number of aliphatic hydroxyl groups is 1. The Bertz CT molecular complexity index is 1230. The molecule has 2 aromatic rings. The van der Waals surface area contributed by atoms with Crippen LogP contribution in [0.5, 0.6) is 0 Å². The van der Waals surface area contributed by atoms with Gasteiger partial charge in [0.25, 0.3) is 17.4 Å². The molecule has 210 valence electrons. The van der Waals surface area contributed by atoms with Gasteiger partial charge >= 0.3 is 6.18 Å². The van der Waals surface area contributed by atoms with E-state index in [9.17, 15) is 27.9 Å². The molecule has 6 nitrogen and oxygen atoms in total. The van der Waals surface area contributed by atoms with E-state index in [4.69, 9.17) is 11.6 Å². The molecule has 0 bridgehead atoms. The summed E-state index contributed by atoms with van der Waals surface area (Å²) in [5.74, 6) is -1.19. The van der Waals surface area contributed by atoms with Crippen LogP contribution in [0.4, 0.5) is 18.9 Å². The molecule has 2 atom stereocenters. The maximum absolute atomic E-state index is 13.9. The van der Waals surface area contributed by atoms with Gasteiger partial charge in [0.1, 0.15) is 0 Å². The lowest BCUT2D eigenvalue weighted by atomic mass is 9.89. The lowest BCUT2D eigenvalue weighted by molar-refractivity contribution is -0.261. The number of likely N-dealkylation sites (N-methyl/N-ethyl adjacent to an activating group) is 1. The Hall–Kier alpha value is -2.78. The molecule has 39 heavy (non-hydrogen) atoms. The van der Waals surface area contributed by atoms with E-state index in [1.165, 1.54) is 25.2 Å². The monoisotopic (exact) mass is 563 g/mol. The van der Waals surface area contributed by atoms with Gasteiger partial charge in [-0.3, -0.25) is 9.59 Å². The number of alkyl halides is 3. The van der Waals surface area contributed by atoms with Crippen molar-refractivity contribution in [2.24, 2.45) is 11.3 Å². The first-order valence-corrected chi connectivity index (χ1v) is 13.8. The van der Waals surface area contributed by atoms with Crippen LogP contribution in [0.25, 0.3) is 0 Å². The van der Waals surface area contributed by atoms with Crippen molar-refractivity contribution in [1.29, 1.82) is 0 Å². The van der Waals surface area contributed by atoms with E-state index in [0.717, 1.165) is 67.9 Å². The van der Waals surface area contributed by atoms with E-state index >= 15 is 0 Å². The smallest absolute Gasteiger partial charge is 0.371 e. The highest BCUT2D eigenvalue weighted by Crippen LogP contribution is 2.61. The fraction of sp³-hybridized carbons (Fsp3) is 0.517. The number of hydrogen-bond donors (Lipinski definition) is 2. The Labute approximate surface area is 231 Å². The minimum absolute atomic E-state index is 0.133. The molecular weight excluding hydrogens is 531 g/mol. The number of benzene rings is 2. The second kappa shape index (κ2) is 10.3. The third kappa shape index (κ3) is 5.48. The molecular formula is C29H33ClF3N3O3. The molecule has 2 aliphatic carbocycles. The Balaban J connectivity index is 1.14. The summed E-state index contributed by atoms with van der Waals surface area (Å²) in [6.07, 6.45) is 0.311. The topological polar surface area (TPSA) is 72.9 Å². The minimum atomic E-state index is -5.14. The lowest BCUT2D eigenvalue weighted by Gasteiger charge is -2.35. The number of carbonyl (C=O) groups excluding carboxylic acids is 2. The summed E-state index contributed by atoms with van der Waals surface area (Å²) in [6.45, 7) is 1.77. The van der Waals surface area contributed by atoms with Gasteiger partial charge in [0.15, 0.2) is 0 Å². The van der Waals surface area contributed by atoms with Gasteiger partial charge in [-0.25, -0.2) is 0 Å². The van der Waals surface area contributed by atoms with Crippen LogP contribution in [-0.4, -0.2) is 60.7 Å². The summed E-state index contributed by atoms with van der Waals surface area (Å²) >= 11 is 6.43. The summed E-state index contributed by atoms with van der Waals surface area (Å²) in [7, 11) is 1.32. The zero-order valence-corrected chi connectivity index (χ0v) is 22.6. The zero-order chi connectivity index (χ0) is 28.0. The standard InChI is InChI=1S/C29H33ClF3N3O3/c1-35(26(38)28(39,29(31,32)33)19-5-3-2-4-6-19)14-11-20-18-27(20)12-15-36(16-13-27)22-9-10-23(24(30)17-22)25(37)34-21-7-8-21/h2-6,9-10,17,20-21,39H,7-8,11-16,18H2,1H3,(H,34,37)/t20-,28?/m0/s1. The maximum atomic E-state index is 13.9. The van der Waals surface area contributed by atoms with Crippen LogP contribution >= 0.6 is 11.6 Å². The fourth-order valence-corrected chi connectivity index (χ4v) is 6.11. The lowest BCUT2D eigenvalue weighted by Crippen LogP contribution is -2.55. The molecule has 5 rings (SSSR count). The van der Waals surface area contributed by atoms with Crippen LogP contribution in [0.3, 0.4) is 0 Å². The van der Waals surface area contributed by atoms with E-state index < -0.39 is 23.2 Å². The first-order chi connectivity index (χ1) is 18.4. The van der Waals surface area contributed by atoms with Gasteiger partial charge < -0.3 is 20.2 Å². The molecule has 1 unspecified atom stereocenters. The Morgan fingerprint density at radius 2 is 1.79 bits per heavy atom. The first kappa shape index (κ1) is 27.8. The number of rotatable bonds is 8. The van der Waals surface area contributed by atoms with Gasteiger partial charge in [-0.15, -0.1) is 0 Å². The molecule has 3 fully saturated rings. The fourth-order valence-electron chi connectivity index (χ4n) is 5.85. The van der Waals surface area contributed by atoms with Crippen LogP contribution in [0.2, 0.25) is 5.02 Å².